The molecule has 0 aliphatic rings. The quantitative estimate of drug-likeness (QED) is 0.666. The molecule has 0 amide bonds. The maximum atomic E-state index is 11.4. The Labute approximate surface area is 122 Å². The summed E-state index contributed by atoms with van der Waals surface area (Å²) >= 11 is 0. The van der Waals surface area contributed by atoms with Crippen molar-refractivity contribution >= 4 is 21.5 Å². The first kappa shape index (κ1) is 15.4. The van der Waals surface area contributed by atoms with Gasteiger partial charge in [-0.25, -0.2) is 22.6 Å². The molecule has 0 unspecified atom stereocenters. The van der Waals surface area contributed by atoms with E-state index in [1.54, 1.807) is 19.1 Å². The average molecular weight is 314 g/mol. The molecule has 0 saturated heterocycles. The van der Waals surface area contributed by atoms with E-state index in [0.717, 1.165) is 4.52 Å². The van der Waals surface area contributed by atoms with Crippen molar-refractivity contribution in [1.82, 2.24) is 24.1 Å². The Morgan fingerprint density at radius 2 is 2.19 bits per heavy atom. The number of anilines is 1. The highest BCUT2D eigenvalue weighted by atomic mass is 32.2. The van der Waals surface area contributed by atoms with Crippen LogP contribution in [0.5, 0.6) is 0 Å². The second-order valence-corrected chi connectivity index (χ2v) is 6.53. The fraction of sp³-hybridized carbons (Fsp3) is 0.545. The van der Waals surface area contributed by atoms with Gasteiger partial charge in [0.15, 0.2) is 5.65 Å². The van der Waals surface area contributed by atoms with Gasteiger partial charge in [-0.2, -0.15) is 9.61 Å². The van der Waals surface area contributed by atoms with Crippen LogP contribution in [0.1, 0.15) is 13.3 Å². The number of aromatic nitrogens is 4. The molecule has 0 aromatic carbocycles. The van der Waals surface area contributed by atoms with Crippen LogP contribution in [0.25, 0.3) is 5.65 Å². The van der Waals surface area contributed by atoms with Gasteiger partial charge < -0.3 is 5.32 Å². The normalized spacial score (nSPS) is 12.1. The number of rotatable bonds is 7. The molecule has 0 spiro atoms. The molecule has 2 aromatic heterocycles. The van der Waals surface area contributed by atoms with Crippen LogP contribution < -0.4 is 11.0 Å². The minimum atomic E-state index is -3.15. The summed E-state index contributed by atoms with van der Waals surface area (Å²) in [6, 6.07) is 3.38. The SMILES string of the molecule is CCN(CCCNc1ccc2n[nH]c(=O)n2n1)S(C)(=O)=O. The van der Waals surface area contributed by atoms with E-state index in [4.69, 9.17) is 0 Å². The average Bonchev–Trinajstić information content (AvgIpc) is 2.79. The van der Waals surface area contributed by atoms with E-state index in [1.165, 1.54) is 10.6 Å². The molecule has 0 bridgehead atoms. The summed E-state index contributed by atoms with van der Waals surface area (Å²) in [5.74, 6) is 0.536. The van der Waals surface area contributed by atoms with E-state index in [-0.39, 0.29) is 0 Å². The summed E-state index contributed by atoms with van der Waals surface area (Å²) in [6.07, 6.45) is 1.84. The van der Waals surface area contributed by atoms with Crippen molar-refractivity contribution in [3.63, 3.8) is 0 Å². The monoisotopic (exact) mass is 314 g/mol. The van der Waals surface area contributed by atoms with E-state index < -0.39 is 15.7 Å². The molecule has 116 valence electrons. The molecule has 0 fully saturated rings. The van der Waals surface area contributed by atoms with Gasteiger partial charge in [0.1, 0.15) is 5.82 Å². The molecule has 0 aliphatic carbocycles. The molecule has 0 atom stereocenters. The van der Waals surface area contributed by atoms with Gasteiger partial charge in [-0.3, -0.25) is 0 Å². The summed E-state index contributed by atoms with van der Waals surface area (Å²) < 4.78 is 25.4. The zero-order valence-electron chi connectivity index (χ0n) is 11.9. The molecule has 0 radical (unpaired) electrons. The molecule has 2 N–H and O–H groups in total. The molecule has 2 aromatic rings. The van der Waals surface area contributed by atoms with Crippen molar-refractivity contribution in [3.8, 4) is 0 Å². The van der Waals surface area contributed by atoms with Gasteiger partial charge in [-0.1, -0.05) is 6.92 Å². The number of fused-ring (bicyclic) bond motifs is 1. The van der Waals surface area contributed by atoms with E-state index in [0.29, 0.717) is 37.5 Å². The second kappa shape index (κ2) is 6.22. The lowest BCUT2D eigenvalue weighted by molar-refractivity contribution is 0.428. The lowest BCUT2D eigenvalue weighted by atomic mass is 10.4. The Bertz CT molecular complexity index is 766. The van der Waals surface area contributed by atoms with Gasteiger partial charge >= 0.3 is 5.69 Å². The first-order valence-electron chi connectivity index (χ1n) is 6.55. The number of H-pyrrole nitrogens is 1. The third-order valence-corrected chi connectivity index (χ3v) is 4.36. The van der Waals surface area contributed by atoms with Crippen molar-refractivity contribution in [3.05, 3.63) is 22.6 Å². The van der Waals surface area contributed by atoms with Gasteiger partial charge in [0.2, 0.25) is 10.0 Å². The van der Waals surface area contributed by atoms with Crippen molar-refractivity contribution < 1.29 is 8.42 Å². The van der Waals surface area contributed by atoms with E-state index >= 15 is 0 Å². The van der Waals surface area contributed by atoms with Crippen LogP contribution in [-0.2, 0) is 10.0 Å². The Morgan fingerprint density at radius 3 is 2.86 bits per heavy atom. The van der Waals surface area contributed by atoms with Crippen molar-refractivity contribution in [2.75, 3.05) is 31.2 Å². The van der Waals surface area contributed by atoms with Crippen LogP contribution in [0.3, 0.4) is 0 Å². The van der Waals surface area contributed by atoms with Gasteiger partial charge in [-0.05, 0) is 18.6 Å². The third-order valence-electron chi connectivity index (χ3n) is 2.99. The second-order valence-electron chi connectivity index (χ2n) is 4.55. The van der Waals surface area contributed by atoms with Crippen LogP contribution >= 0.6 is 0 Å². The highest BCUT2D eigenvalue weighted by Gasteiger charge is 2.13. The number of hydrogen-bond acceptors (Lipinski definition) is 6. The lowest BCUT2D eigenvalue weighted by Crippen LogP contribution is -2.31. The molecular weight excluding hydrogens is 296 g/mol. The molecular formula is C11H18N6O3S. The largest absolute Gasteiger partial charge is 0.369 e. The Kier molecular flexibility index (Phi) is 4.58. The van der Waals surface area contributed by atoms with Gasteiger partial charge in [-0.15, -0.1) is 5.10 Å². The first-order valence-corrected chi connectivity index (χ1v) is 8.40. The summed E-state index contributed by atoms with van der Waals surface area (Å²) in [4.78, 5) is 11.4. The zero-order chi connectivity index (χ0) is 15.5. The fourth-order valence-corrected chi connectivity index (χ4v) is 2.86. The summed E-state index contributed by atoms with van der Waals surface area (Å²) in [7, 11) is -3.15. The molecule has 2 heterocycles. The van der Waals surface area contributed by atoms with Crippen molar-refractivity contribution in [1.29, 1.82) is 0 Å². The van der Waals surface area contributed by atoms with E-state index in [1.807, 2.05) is 0 Å². The number of sulfonamides is 1. The third kappa shape index (κ3) is 3.79. The molecule has 2 rings (SSSR count). The lowest BCUT2D eigenvalue weighted by Gasteiger charge is -2.17. The maximum absolute atomic E-state index is 11.4. The number of nitrogens with zero attached hydrogens (tertiary/aromatic N) is 4. The molecule has 21 heavy (non-hydrogen) atoms. The highest BCUT2D eigenvalue weighted by molar-refractivity contribution is 7.88. The highest BCUT2D eigenvalue weighted by Crippen LogP contribution is 2.04. The Morgan fingerprint density at radius 1 is 1.43 bits per heavy atom. The van der Waals surface area contributed by atoms with Crippen LogP contribution in [-0.4, -0.2) is 58.4 Å². The minimum absolute atomic E-state index is 0.400. The molecule has 0 aliphatic heterocycles. The van der Waals surface area contributed by atoms with Gasteiger partial charge in [0, 0.05) is 19.6 Å². The van der Waals surface area contributed by atoms with Crippen LogP contribution in [0, 0.1) is 0 Å². The fourth-order valence-electron chi connectivity index (χ4n) is 1.93. The summed E-state index contributed by atoms with van der Waals surface area (Å²) in [5, 5.41) is 13.2. The number of nitrogens with one attached hydrogen (secondary N) is 2. The molecule has 0 saturated carbocycles. The predicted octanol–water partition coefficient (Wildman–Crippen LogP) is -0.499. The Hall–Kier alpha value is -1.94. The van der Waals surface area contributed by atoms with Crippen LogP contribution in [0.4, 0.5) is 5.82 Å². The Balaban J connectivity index is 1.90. The number of aromatic amines is 1. The van der Waals surface area contributed by atoms with E-state index in [2.05, 4.69) is 20.6 Å². The smallest absolute Gasteiger partial charge is 0.364 e. The minimum Gasteiger partial charge on any atom is -0.369 e. The predicted molar refractivity (Wildman–Crippen MR) is 78.8 cm³/mol. The number of hydrogen-bond donors (Lipinski definition) is 2. The van der Waals surface area contributed by atoms with Crippen LogP contribution in [0.2, 0.25) is 0 Å². The van der Waals surface area contributed by atoms with Crippen molar-refractivity contribution in [2.45, 2.75) is 13.3 Å². The van der Waals surface area contributed by atoms with E-state index in [9.17, 15) is 13.2 Å². The summed E-state index contributed by atoms with van der Waals surface area (Å²) in [5.41, 5.74) is 0.0441. The maximum Gasteiger partial charge on any atom is 0.364 e. The topological polar surface area (TPSA) is 112 Å². The molecule has 10 heteroatoms. The zero-order valence-corrected chi connectivity index (χ0v) is 12.7. The standard InChI is InChI=1S/C11H18N6O3S/c1-3-16(21(2,19)20)8-4-7-12-9-5-6-10-13-14-11(18)17(10)15-9/h5-6H,3-4,7-8H2,1-2H3,(H,12,15)(H,14,18). The van der Waals surface area contributed by atoms with Crippen molar-refractivity contribution in [2.24, 2.45) is 0 Å². The van der Waals surface area contributed by atoms with Gasteiger partial charge in [0.25, 0.3) is 0 Å². The first-order chi connectivity index (χ1) is 9.91. The summed E-state index contributed by atoms with van der Waals surface area (Å²) in [6.45, 7) is 3.25. The van der Waals surface area contributed by atoms with Crippen LogP contribution in [0.15, 0.2) is 16.9 Å². The molecule has 9 nitrogen and oxygen atoms in total. The van der Waals surface area contributed by atoms with Gasteiger partial charge in [0.05, 0.1) is 6.26 Å².